The Bertz CT molecular complexity index is 1860. The first-order valence-electron chi connectivity index (χ1n) is 16.0. The molecule has 12 nitrogen and oxygen atoms in total. The van der Waals surface area contributed by atoms with E-state index in [2.05, 4.69) is 20.6 Å². The summed E-state index contributed by atoms with van der Waals surface area (Å²) in [6, 6.07) is 7.93. The van der Waals surface area contributed by atoms with Crippen LogP contribution in [0.2, 0.25) is 0 Å². The van der Waals surface area contributed by atoms with E-state index in [1.54, 1.807) is 32.5 Å². The average Bonchev–Trinajstić information content (AvgIpc) is 3.66. The van der Waals surface area contributed by atoms with E-state index in [4.69, 9.17) is 14.2 Å². The number of nitrogens with one attached hydrogen (secondary N) is 2. The van der Waals surface area contributed by atoms with Crippen molar-refractivity contribution in [3.8, 4) is 17.0 Å². The molecular formula is C34H37F2N7O5. The molecule has 0 radical (unpaired) electrons. The number of piperidine rings is 1. The lowest BCUT2D eigenvalue weighted by molar-refractivity contribution is -0.177. The molecule has 3 aliphatic heterocycles. The normalized spacial score (nSPS) is 24.1. The van der Waals surface area contributed by atoms with Gasteiger partial charge in [0, 0.05) is 61.8 Å². The number of nitrogens with zero attached hydrogens (tertiary/aromatic N) is 5. The monoisotopic (exact) mass is 661 g/mol. The number of aromatic nitrogens is 3. The number of hydrogen-bond acceptors (Lipinski definition) is 9. The van der Waals surface area contributed by atoms with Crippen molar-refractivity contribution in [3.63, 3.8) is 0 Å². The summed E-state index contributed by atoms with van der Waals surface area (Å²) in [7, 11) is 1.27. The first-order valence-corrected chi connectivity index (χ1v) is 16.0. The Balaban J connectivity index is 1.07. The number of imidazole rings is 1. The Hall–Kier alpha value is -4.66. The highest BCUT2D eigenvalue weighted by atomic mass is 19.2. The van der Waals surface area contributed by atoms with E-state index in [1.807, 2.05) is 19.9 Å². The van der Waals surface area contributed by atoms with Crippen LogP contribution in [0.5, 0.6) is 5.75 Å². The number of carbonyl (C=O) groups is 2. The molecule has 7 rings (SSSR count). The lowest BCUT2D eigenvalue weighted by Crippen LogP contribution is -2.56. The molecule has 0 bridgehead atoms. The lowest BCUT2D eigenvalue weighted by atomic mass is 10.0. The Labute approximate surface area is 276 Å². The van der Waals surface area contributed by atoms with Crippen molar-refractivity contribution in [2.75, 3.05) is 45.2 Å². The van der Waals surface area contributed by atoms with Crippen LogP contribution in [0.25, 0.3) is 16.9 Å². The minimum Gasteiger partial charge on any atom is -0.494 e. The van der Waals surface area contributed by atoms with Gasteiger partial charge in [0.25, 0.3) is 5.91 Å². The highest BCUT2D eigenvalue weighted by Crippen LogP contribution is 2.37. The van der Waals surface area contributed by atoms with E-state index in [9.17, 15) is 18.4 Å². The number of ether oxygens (including phenoxy) is 3. The molecule has 2 aromatic heterocycles. The molecule has 3 aliphatic rings. The summed E-state index contributed by atoms with van der Waals surface area (Å²) in [5.41, 5.74) is 2.73. The molecule has 2 amide bonds. The summed E-state index contributed by atoms with van der Waals surface area (Å²) in [5, 5.41) is 6.58. The van der Waals surface area contributed by atoms with Gasteiger partial charge < -0.3 is 34.6 Å². The molecular weight excluding hydrogens is 624 g/mol. The number of aryl methyl sites for hydroxylation is 1. The summed E-state index contributed by atoms with van der Waals surface area (Å²) in [4.78, 5) is 38.1. The summed E-state index contributed by atoms with van der Waals surface area (Å²) in [5.74, 6) is -2.88. The number of carbonyl (C=O) groups excluding carboxylic acids is 2. The maximum absolute atomic E-state index is 14.9. The summed E-state index contributed by atoms with van der Waals surface area (Å²) < 4.78 is 48.5. The molecule has 3 fully saturated rings. The van der Waals surface area contributed by atoms with E-state index in [0.29, 0.717) is 54.5 Å². The molecule has 4 atom stereocenters. The third-order valence-corrected chi connectivity index (χ3v) is 9.41. The van der Waals surface area contributed by atoms with Crippen LogP contribution < -0.4 is 15.4 Å². The molecule has 0 spiro atoms. The second kappa shape index (κ2) is 12.7. The number of methoxy groups -OCH3 is 1. The van der Waals surface area contributed by atoms with Gasteiger partial charge in [0.1, 0.15) is 0 Å². The van der Waals surface area contributed by atoms with Gasteiger partial charge in [-0.2, -0.15) is 4.39 Å². The van der Waals surface area contributed by atoms with Gasteiger partial charge in [-0.1, -0.05) is 0 Å². The number of fused-ring (bicyclic) bond motifs is 2. The Morgan fingerprint density at radius 2 is 2.00 bits per heavy atom. The topological polar surface area (TPSA) is 123 Å². The molecule has 0 saturated carbocycles. The Morgan fingerprint density at radius 3 is 2.77 bits per heavy atom. The van der Waals surface area contributed by atoms with E-state index < -0.39 is 17.4 Å². The first-order chi connectivity index (χ1) is 23.2. The fourth-order valence-corrected chi connectivity index (χ4v) is 7.01. The largest absolute Gasteiger partial charge is 0.494 e. The Morgan fingerprint density at radius 1 is 1.17 bits per heavy atom. The molecule has 0 aliphatic carbocycles. The SMILES string of the molecule is COc1ccc(-c2cnc3c(Nc4ccc(C(=O)N5CCN(C=O)C(CC6(C)OC7CNCC[C@H]7O6)C5)c(C)c4)nccn23)c(F)c1F. The predicted molar refractivity (Wildman–Crippen MR) is 172 cm³/mol. The fraction of sp³-hybridized carbons (Fsp3) is 0.412. The molecule has 3 saturated heterocycles. The number of halogens is 2. The van der Waals surface area contributed by atoms with Crippen LogP contribution in [0, 0.1) is 18.6 Å². The molecule has 2 N–H and O–H groups in total. The van der Waals surface area contributed by atoms with Crippen LogP contribution in [0.15, 0.2) is 48.9 Å². The van der Waals surface area contributed by atoms with Crippen LogP contribution in [0.3, 0.4) is 0 Å². The standard InChI is InChI=1S/C34H37F2N7O5/c1-20-14-21(40-31-32-39-16-25(43(32)11-10-38-31)24-6-7-27(46-3)30(36)29(24)35)4-5-23(20)33(45)41-12-13-42(19-44)22(18-41)15-34(2)47-26-8-9-37-17-28(26)48-34/h4-7,10-11,14,16,19,22,26,28,37H,8-9,12-13,15,17-18H2,1-3H3,(H,38,40)/t22?,26-,28?,34?/m1/s1. The zero-order chi connectivity index (χ0) is 33.6. The second-order valence-electron chi connectivity index (χ2n) is 12.6. The zero-order valence-corrected chi connectivity index (χ0v) is 26.9. The molecule has 4 aromatic rings. The second-order valence-corrected chi connectivity index (χ2v) is 12.6. The van der Waals surface area contributed by atoms with Crippen molar-refractivity contribution < 1.29 is 32.6 Å². The first kappa shape index (κ1) is 31.9. The third-order valence-electron chi connectivity index (χ3n) is 9.41. The maximum atomic E-state index is 14.9. The van der Waals surface area contributed by atoms with Gasteiger partial charge in [-0.3, -0.25) is 14.0 Å². The smallest absolute Gasteiger partial charge is 0.254 e. The van der Waals surface area contributed by atoms with E-state index in [1.165, 1.54) is 31.6 Å². The highest BCUT2D eigenvalue weighted by molar-refractivity contribution is 5.96. The van der Waals surface area contributed by atoms with Crippen molar-refractivity contribution in [2.45, 2.75) is 50.7 Å². The van der Waals surface area contributed by atoms with Crippen LogP contribution >= 0.6 is 0 Å². The molecule has 5 heterocycles. The number of piperazine rings is 1. The number of amides is 2. The van der Waals surface area contributed by atoms with E-state index in [-0.39, 0.29) is 35.5 Å². The lowest BCUT2D eigenvalue weighted by Gasteiger charge is -2.42. The third kappa shape index (κ3) is 5.84. The molecule has 14 heteroatoms. The van der Waals surface area contributed by atoms with Crippen molar-refractivity contribution in [1.82, 2.24) is 29.5 Å². The van der Waals surface area contributed by atoms with E-state index >= 15 is 0 Å². The van der Waals surface area contributed by atoms with Gasteiger partial charge in [-0.05, 0) is 62.7 Å². The van der Waals surface area contributed by atoms with Gasteiger partial charge in [-0.15, -0.1) is 0 Å². The van der Waals surface area contributed by atoms with Gasteiger partial charge in [-0.25, -0.2) is 14.4 Å². The van der Waals surface area contributed by atoms with Crippen molar-refractivity contribution >= 4 is 29.5 Å². The van der Waals surface area contributed by atoms with Crippen LogP contribution in [0.1, 0.15) is 35.7 Å². The van der Waals surface area contributed by atoms with Gasteiger partial charge in [0.2, 0.25) is 12.2 Å². The van der Waals surface area contributed by atoms with Gasteiger partial charge >= 0.3 is 0 Å². The minimum atomic E-state index is -1.08. The van der Waals surface area contributed by atoms with Gasteiger partial charge in [0.05, 0.1) is 37.3 Å². The fourth-order valence-electron chi connectivity index (χ4n) is 7.01. The average molecular weight is 662 g/mol. The molecule has 48 heavy (non-hydrogen) atoms. The van der Waals surface area contributed by atoms with Crippen molar-refractivity contribution in [1.29, 1.82) is 0 Å². The molecule has 2 aromatic carbocycles. The number of hydrogen-bond donors (Lipinski definition) is 2. The maximum Gasteiger partial charge on any atom is 0.254 e. The summed E-state index contributed by atoms with van der Waals surface area (Å²) in [6.07, 6.45) is 6.77. The number of anilines is 2. The minimum absolute atomic E-state index is 0.0239. The van der Waals surface area contributed by atoms with Crippen molar-refractivity contribution in [2.24, 2.45) is 0 Å². The predicted octanol–water partition coefficient (Wildman–Crippen LogP) is 3.90. The number of benzene rings is 2. The zero-order valence-electron chi connectivity index (χ0n) is 26.9. The van der Waals surface area contributed by atoms with Crippen LogP contribution in [-0.4, -0.2) is 100 Å². The number of rotatable bonds is 8. The molecule has 252 valence electrons. The van der Waals surface area contributed by atoms with Crippen LogP contribution in [0.4, 0.5) is 20.3 Å². The molecule has 3 unspecified atom stereocenters. The summed E-state index contributed by atoms with van der Waals surface area (Å²) in [6.45, 7) is 6.58. The Kier molecular flexibility index (Phi) is 8.48. The summed E-state index contributed by atoms with van der Waals surface area (Å²) >= 11 is 0. The van der Waals surface area contributed by atoms with E-state index in [0.717, 1.165) is 31.5 Å². The highest BCUT2D eigenvalue weighted by Gasteiger charge is 2.47. The van der Waals surface area contributed by atoms with Crippen molar-refractivity contribution in [3.05, 3.63) is 71.7 Å². The van der Waals surface area contributed by atoms with Crippen LogP contribution in [-0.2, 0) is 14.3 Å². The quantitative estimate of drug-likeness (QED) is 0.271. The van der Waals surface area contributed by atoms with Gasteiger partial charge in [0.15, 0.2) is 28.8 Å².